The average Bonchev–Trinajstić information content (AvgIpc) is 3.38. The molecule has 2 aromatic carbocycles. The zero-order valence-electron chi connectivity index (χ0n) is 21.4. The molecule has 200 valence electrons. The third-order valence-electron chi connectivity index (χ3n) is 7.24. The van der Waals surface area contributed by atoms with Gasteiger partial charge in [-0.25, -0.2) is 0 Å². The normalized spacial score (nSPS) is 17.1. The number of fused-ring (bicyclic) bond motifs is 1. The second-order valence-corrected chi connectivity index (χ2v) is 10.1. The van der Waals surface area contributed by atoms with E-state index in [1.807, 2.05) is 30.3 Å². The number of carbonyl (C=O) groups is 3. The summed E-state index contributed by atoms with van der Waals surface area (Å²) in [6, 6.07) is 14.8. The van der Waals surface area contributed by atoms with Crippen molar-refractivity contribution >= 4 is 40.3 Å². The van der Waals surface area contributed by atoms with Gasteiger partial charge >= 0.3 is 5.97 Å². The predicted molar refractivity (Wildman–Crippen MR) is 148 cm³/mol. The molecule has 1 aliphatic rings. The average molecular weight is 546 g/mol. The zero-order chi connectivity index (χ0) is 27.5. The molecular weight excluding hydrogens is 518 g/mol. The van der Waals surface area contributed by atoms with Crippen LogP contribution < -0.4 is 10.6 Å². The lowest BCUT2D eigenvalue weighted by atomic mass is 9.86. The Labute approximate surface area is 230 Å². The molecule has 3 N–H and O–H groups in total. The lowest BCUT2D eigenvalue weighted by Crippen LogP contribution is -2.38. The monoisotopic (exact) mass is 545 g/mol. The van der Waals surface area contributed by atoms with Crippen LogP contribution in [0.3, 0.4) is 0 Å². The lowest BCUT2D eigenvalue weighted by Gasteiger charge is -2.27. The maximum Gasteiger partial charge on any atom is 0.306 e. The van der Waals surface area contributed by atoms with Gasteiger partial charge in [0, 0.05) is 24.7 Å². The molecule has 9 nitrogen and oxygen atoms in total. The number of amides is 2. The summed E-state index contributed by atoms with van der Waals surface area (Å²) in [5.41, 5.74) is 4.26. The van der Waals surface area contributed by atoms with Crippen molar-refractivity contribution in [1.82, 2.24) is 25.4 Å². The number of aliphatic carboxylic acids is 1. The number of hydrogen-bond donors (Lipinski definition) is 3. The molecule has 0 bridgehead atoms. The number of halogens is 1. The summed E-state index contributed by atoms with van der Waals surface area (Å²) in [5, 5.41) is 20.6. The summed E-state index contributed by atoms with van der Waals surface area (Å²) in [4.78, 5) is 40.6. The summed E-state index contributed by atoms with van der Waals surface area (Å²) in [6.45, 7) is 0.425. The molecule has 2 amide bonds. The van der Waals surface area contributed by atoms with Gasteiger partial charge in [-0.2, -0.15) is 5.10 Å². The topological polar surface area (TPSA) is 126 Å². The van der Waals surface area contributed by atoms with E-state index in [4.69, 9.17) is 11.6 Å². The second kappa shape index (κ2) is 11.2. The molecule has 0 radical (unpaired) electrons. The minimum atomic E-state index is -0.773. The van der Waals surface area contributed by atoms with Crippen LogP contribution in [-0.2, 0) is 11.3 Å². The molecule has 2 aromatic heterocycles. The highest BCUT2D eigenvalue weighted by atomic mass is 35.5. The Kier molecular flexibility index (Phi) is 7.60. The quantitative estimate of drug-likeness (QED) is 0.313. The van der Waals surface area contributed by atoms with Crippen molar-refractivity contribution in [3.63, 3.8) is 0 Å². The molecule has 10 heteroatoms. The summed E-state index contributed by atoms with van der Waals surface area (Å²) < 4.78 is 1.77. The zero-order valence-corrected chi connectivity index (χ0v) is 22.1. The highest BCUT2D eigenvalue weighted by Gasteiger charge is 2.27. The summed E-state index contributed by atoms with van der Waals surface area (Å²) in [5.74, 6) is -1.59. The van der Waals surface area contributed by atoms with Crippen LogP contribution in [0.25, 0.3) is 22.0 Å². The van der Waals surface area contributed by atoms with Gasteiger partial charge in [0.25, 0.3) is 11.8 Å². The number of carboxylic acid groups (broad SMARTS) is 1. The first-order chi connectivity index (χ1) is 18.8. The van der Waals surface area contributed by atoms with Gasteiger partial charge in [0.15, 0.2) is 0 Å². The molecule has 5 rings (SSSR count). The molecule has 0 unspecified atom stereocenters. The summed E-state index contributed by atoms with van der Waals surface area (Å²) in [6.07, 6.45) is 5.64. The molecule has 1 aliphatic carbocycles. The van der Waals surface area contributed by atoms with E-state index in [0.29, 0.717) is 59.4 Å². The first-order valence-corrected chi connectivity index (χ1v) is 13.2. The van der Waals surface area contributed by atoms with Gasteiger partial charge in [-0.3, -0.25) is 24.0 Å². The maximum absolute atomic E-state index is 13.3. The number of carbonyl (C=O) groups excluding carboxylic acids is 2. The third kappa shape index (κ3) is 5.63. The fourth-order valence-corrected chi connectivity index (χ4v) is 5.26. The molecule has 39 heavy (non-hydrogen) atoms. The van der Waals surface area contributed by atoms with Gasteiger partial charge in [0.2, 0.25) is 0 Å². The molecule has 1 saturated carbocycles. The van der Waals surface area contributed by atoms with Crippen molar-refractivity contribution in [3.8, 4) is 11.1 Å². The Bertz CT molecular complexity index is 1540. The fourth-order valence-electron chi connectivity index (χ4n) is 5.06. The van der Waals surface area contributed by atoms with Crippen molar-refractivity contribution in [3.05, 3.63) is 82.8 Å². The van der Waals surface area contributed by atoms with Gasteiger partial charge in [-0.1, -0.05) is 35.9 Å². The first-order valence-electron chi connectivity index (χ1n) is 12.8. The molecule has 0 aliphatic heterocycles. The molecule has 1 fully saturated rings. The van der Waals surface area contributed by atoms with Gasteiger partial charge in [-0.05, 0) is 66.6 Å². The van der Waals surface area contributed by atoms with E-state index in [0.717, 1.165) is 16.7 Å². The number of rotatable bonds is 7. The molecule has 0 atom stereocenters. The SMILES string of the molecule is CNC(=O)c1cc(-c2ccc(Cn3ncc4c(Cl)ccc(C(=O)NC5CCC(C(=O)O)CC5)c43)cc2)ccn1. The van der Waals surface area contributed by atoms with Crippen molar-refractivity contribution in [2.45, 2.75) is 38.3 Å². The van der Waals surface area contributed by atoms with Crippen LogP contribution in [0.5, 0.6) is 0 Å². The largest absolute Gasteiger partial charge is 0.481 e. The van der Waals surface area contributed by atoms with Crippen molar-refractivity contribution in [1.29, 1.82) is 0 Å². The standard InChI is InChI=1S/C29H28ClN5O4/c1-31-28(37)25-14-20(12-13-32-25)18-4-2-17(3-5-18)16-35-26-22(10-11-24(30)23(26)15-33-35)27(36)34-21-8-6-19(7-9-21)29(38)39/h2-5,10-15,19,21H,6-9,16H2,1H3,(H,31,37)(H,34,36)(H,38,39). The smallest absolute Gasteiger partial charge is 0.306 e. The van der Waals surface area contributed by atoms with Gasteiger partial charge in [0.05, 0.1) is 34.8 Å². The number of pyridine rings is 1. The van der Waals surface area contributed by atoms with Crippen LogP contribution in [0.4, 0.5) is 0 Å². The van der Waals surface area contributed by atoms with Crippen LogP contribution in [0.2, 0.25) is 5.02 Å². The lowest BCUT2D eigenvalue weighted by molar-refractivity contribution is -0.142. The van der Waals surface area contributed by atoms with Gasteiger partial charge in [0.1, 0.15) is 5.69 Å². The number of benzene rings is 2. The van der Waals surface area contributed by atoms with Crippen molar-refractivity contribution < 1.29 is 19.5 Å². The van der Waals surface area contributed by atoms with E-state index in [2.05, 4.69) is 20.7 Å². The van der Waals surface area contributed by atoms with E-state index in [-0.39, 0.29) is 23.8 Å². The number of nitrogens with zero attached hydrogens (tertiary/aromatic N) is 3. The second-order valence-electron chi connectivity index (χ2n) is 9.73. The molecular formula is C29H28ClN5O4. The van der Waals surface area contributed by atoms with Gasteiger partial charge in [-0.15, -0.1) is 0 Å². The number of aromatic nitrogens is 3. The Hall–Kier alpha value is -4.24. The number of carboxylic acids is 1. The van der Waals surface area contributed by atoms with Gasteiger partial charge < -0.3 is 15.7 Å². The molecule has 0 saturated heterocycles. The minimum Gasteiger partial charge on any atom is -0.481 e. The summed E-state index contributed by atoms with van der Waals surface area (Å²) in [7, 11) is 1.57. The number of nitrogens with one attached hydrogen (secondary N) is 2. The number of hydrogen-bond acceptors (Lipinski definition) is 5. The molecule has 2 heterocycles. The Morgan fingerprint density at radius 2 is 1.74 bits per heavy atom. The predicted octanol–water partition coefficient (Wildman–Crippen LogP) is 4.53. The van der Waals surface area contributed by atoms with Crippen LogP contribution in [-0.4, -0.2) is 50.7 Å². The highest BCUT2D eigenvalue weighted by molar-refractivity contribution is 6.36. The highest BCUT2D eigenvalue weighted by Crippen LogP contribution is 2.29. The molecule has 0 spiro atoms. The van der Waals surface area contributed by atoms with Crippen molar-refractivity contribution in [2.24, 2.45) is 5.92 Å². The Balaban J connectivity index is 1.36. The maximum atomic E-state index is 13.3. The van der Waals surface area contributed by atoms with Crippen LogP contribution >= 0.6 is 11.6 Å². The van der Waals surface area contributed by atoms with E-state index >= 15 is 0 Å². The van der Waals surface area contributed by atoms with E-state index in [1.54, 1.807) is 42.3 Å². The Morgan fingerprint density at radius 3 is 2.44 bits per heavy atom. The van der Waals surface area contributed by atoms with Crippen LogP contribution in [0, 0.1) is 5.92 Å². The van der Waals surface area contributed by atoms with Crippen LogP contribution in [0.15, 0.2) is 60.9 Å². The van der Waals surface area contributed by atoms with E-state index in [9.17, 15) is 19.5 Å². The summed E-state index contributed by atoms with van der Waals surface area (Å²) >= 11 is 6.45. The van der Waals surface area contributed by atoms with Crippen LogP contribution in [0.1, 0.15) is 52.1 Å². The van der Waals surface area contributed by atoms with Crippen molar-refractivity contribution in [2.75, 3.05) is 7.05 Å². The molecule has 4 aromatic rings. The minimum absolute atomic E-state index is 0.0696. The van der Waals surface area contributed by atoms with E-state index < -0.39 is 5.97 Å². The van der Waals surface area contributed by atoms with E-state index in [1.165, 1.54) is 0 Å². The Morgan fingerprint density at radius 1 is 1.00 bits per heavy atom. The fraction of sp³-hybridized carbons (Fsp3) is 0.276. The third-order valence-corrected chi connectivity index (χ3v) is 7.57. The first kappa shape index (κ1) is 26.4.